The summed E-state index contributed by atoms with van der Waals surface area (Å²) in [5, 5.41) is 4.33. The Bertz CT molecular complexity index is 1460. The summed E-state index contributed by atoms with van der Waals surface area (Å²) in [5.41, 5.74) is 7.02. The number of hydrogen-bond donors (Lipinski definition) is 1. The standard InChI is InChI=1S/C20H12BrN5O3S/c21-11-7-5-10(6-8-11)17-23-20-26(24-17)19(29)16(30-20)15-12-3-1-2-4-13(12)25(18(15)28)9-14(22)27/h1-8H,9H2,(H2,22,27)/b16-15-. The molecule has 2 N–H and O–H groups in total. The highest BCUT2D eigenvalue weighted by molar-refractivity contribution is 9.10. The van der Waals surface area contributed by atoms with Crippen molar-refractivity contribution >= 4 is 55.3 Å². The van der Waals surface area contributed by atoms with Crippen molar-refractivity contribution in [3.8, 4) is 11.4 Å². The summed E-state index contributed by atoms with van der Waals surface area (Å²) >= 11 is 4.48. The molecule has 10 heteroatoms. The second-order valence-electron chi connectivity index (χ2n) is 6.62. The molecular formula is C20H12BrN5O3S. The lowest BCUT2D eigenvalue weighted by Gasteiger charge is -2.14. The monoisotopic (exact) mass is 481 g/mol. The van der Waals surface area contributed by atoms with Crippen molar-refractivity contribution in [2.75, 3.05) is 11.4 Å². The van der Waals surface area contributed by atoms with E-state index in [2.05, 4.69) is 26.0 Å². The van der Waals surface area contributed by atoms with Gasteiger partial charge in [0.2, 0.25) is 10.9 Å². The van der Waals surface area contributed by atoms with Gasteiger partial charge < -0.3 is 5.73 Å². The van der Waals surface area contributed by atoms with Crippen LogP contribution in [0.4, 0.5) is 5.69 Å². The van der Waals surface area contributed by atoms with Crippen molar-refractivity contribution in [2.24, 2.45) is 5.73 Å². The fourth-order valence-electron chi connectivity index (χ4n) is 3.42. The molecule has 2 amide bonds. The first-order valence-corrected chi connectivity index (χ1v) is 10.4. The number of primary amides is 1. The lowest BCUT2D eigenvalue weighted by molar-refractivity contribution is -0.119. The van der Waals surface area contributed by atoms with Gasteiger partial charge in [-0.25, -0.2) is 0 Å². The van der Waals surface area contributed by atoms with E-state index in [1.165, 1.54) is 9.42 Å². The van der Waals surface area contributed by atoms with Crippen LogP contribution in [-0.2, 0) is 9.59 Å². The van der Waals surface area contributed by atoms with E-state index in [4.69, 9.17) is 5.73 Å². The predicted molar refractivity (Wildman–Crippen MR) is 116 cm³/mol. The van der Waals surface area contributed by atoms with Crippen molar-refractivity contribution in [1.29, 1.82) is 0 Å². The molecular weight excluding hydrogens is 470 g/mol. The predicted octanol–water partition coefficient (Wildman–Crippen LogP) is 1.33. The average molecular weight is 482 g/mol. The second kappa shape index (κ2) is 6.85. The van der Waals surface area contributed by atoms with E-state index >= 15 is 0 Å². The molecule has 0 radical (unpaired) electrons. The van der Waals surface area contributed by atoms with E-state index < -0.39 is 17.4 Å². The molecule has 8 nitrogen and oxygen atoms in total. The number of carbonyl (C=O) groups is 2. The SMILES string of the molecule is NC(=O)CN1C(=O)/C(=c2\sc3nc(-c4ccc(Br)cc4)nn3c2=O)c2ccccc21. The Morgan fingerprint density at radius 2 is 1.83 bits per heavy atom. The average Bonchev–Trinajstić information content (AvgIpc) is 3.35. The third-order valence-corrected chi connectivity index (χ3v) is 6.28. The van der Waals surface area contributed by atoms with Gasteiger partial charge in [0.15, 0.2) is 5.82 Å². The lowest BCUT2D eigenvalue weighted by atomic mass is 10.1. The molecule has 4 aromatic rings. The van der Waals surface area contributed by atoms with E-state index in [-0.39, 0.29) is 16.7 Å². The highest BCUT2D eigenvalue weighted by Crippen LogP contribution is 2.34. The smallest absolute Gasteiger partial charge is 0.291 e. The fraction of sp³-hybridized carbons (Fsp3) is 0.0500. The van der Waals surface area contributed by atoms with Gasteiger partial charge in [0.25, 0.3) is 11.5 Å². The molecule has 30 heavy (non-hydrogen) atoms. The zero-order valence-corrected chi connectivity index (χ0v) is 17.6. The van der Waals surface area contributed by atoms with Crippen LogP contribution in [0.3, 0.4) is 0 Å². The number of fused-ring (bicyclic) bond motifs is 2. The number of aromatic nitrogens is 3. The van der Waals surface area contributed by atoms with Gasteiger partial charge in [-0.05, 0) is 18.2 Å². The highest BCUT2D eigenvalue weighted by atomic mass is 79.9. The highest BCUT2D eigenvalue weighted by Gasteiger charge is 2.35. The Morgan fingerprint density at radius 1 is 1.10 bits per heavy atom. The summed E-state index contributed by atoms with van der Waals surface area (Å²) in [6.45, 7) is -0.262. The van der Waals surface area contributed by atoms with Gasteiger partial charge in [-0.3, -0.25) is 19.3 Å². The normalized spacial score (nSPS) is 15.1. The van der Waals surface area contributed by atoms with Crippen molar-refractivity contribution in [2.45, 2.75) is 0 Å². The summed E-state index contributed by atoms with van der Waals surface area (Å²) in [4.78, 5) is 43.7. The van der Waals surface area contributed by atoms with Gasteiger partial charge in [0, 0.05) is 15.6 Å². The molecule has 1 aliphatic rings. The van der Waals surface area contributed by atoms with Crippen LogP contribution in [0.25, 0.3) is 21.9 Å². The molecule has 5 rings (SSSR count). The van der Waals surface area contributed by atoms with Gasteiger partial charge in [0.05, 0.1) is 11.3 Å². The first-order valence-electron chi connectivity index (χ1n) is 8.83. The number of nitrogens with two attached hydrogens (primary N) is 1. The molecule has 0 spiro atoms. The maximum atomic E-state index is 13.1. The number of carbonyl (C=O) groups excluding carboxylic acids is 2. The van der Waals surface area contributed by atoms with Crippen LogP contribution in [0.15, 0.2) is 57.8 Å². The number of rotatable bonds is 3. The first kappa shape index (κ1) is 18.6. The third-order valence-electron chi connectivity index (χ3n) is 4.72. The Balaban J connectivity index is 1.70. The van der Waals surface area contributed by atoms with Crippen molar-refractivity contribution in [3.63, 3.8) is 0 Å². The largest absolute Gasteiger partial charge is 0.368 e. The molecule has 0 aliphatic carbocycles. The zero-order chi connectivity index (χ0) is 21.0. The molecule has 0 atom stereocenters. The van der Waals surface area contributed by atoms with E-state index in [0.29, 0.717) is 22.0 Å². The molecule has 148 valence electrons. The number of anilines is 1. The number of thiazole rings is 1. The van der Waals surface area contributed by atoms with E-state index in [9.17, 15) is 14.4 Å². The number of benzene rings is 2. The van der Waals surface area contributed by atoms with E-state index in [0.717, 1.165) is 21.4 Å². The molecule has 0 saturated carbocycles. The van der Waals surface area contributed by atoms with Gasteiger partial charge in [0.1, 0.15) is 11.1 Å². The summed E-state index contributed by atoms with van der Waals surface area (Å²) in [6, 6.07) is 14.4. The van der Waals surface area contributed by atoms with Crippen LogP contribution in [0, 0.1) is 0 Å². The van der Waals surface area contributed by atoms with Crippen LogP contribution in [0.2, 0.25) is 0 Å². The van der Waals surface area contributed by atoms with Gasteiger partial charge in [-0.15, -0.1) is 5.10 Å². The minimum Gasteiger partial charge on any atom is -0.368 e. The number of nitrogens with zero attached hydrogens (tertiary/aromatic N) is 4. The molecule has 2 aromatic heterocycles. The maximum absolute atomic E-state index is 13.1. The van der Waals surface area contributed by atoms with Crippen LogP contribution in [-0.4, -0.2) is 33.0 Å². The Hall–Kier alpha value is -3.37. The van der Waals surface area contributed by atoms with Gasteiger partial charge in [-0.1, -0.05) is 57.6 Å². The van der Waals surface area contributed by atoms with Crippen molar-refractivity contribution in [1.82, 2.24) is 14.6 Å². The fourth-order valence-corrected chi connectivity index (χ4v) is 4.68. The van der Waals surface area contributed by atoms with E-state index in [1.807, 2.05) is 24.3 Å². The Kier molecular flexibility index (Phi) is 4.26. The van der Waals surface area contributed by atoms with Crippen molar-refractivity contribution < 1.29 is 9.59 Å². The molecule has 3 heterocycles. The second-order valence-corrected chi connectivity index (χ2v) is 8.52. The lowest BCUT2D eigenvalue weighted by Crippen LogP contribution is -2.37. The minimum absolute atomic E-state index is 0.233. The number of amides is 2. The minimum atomic E-state index is -0.636. The molecule has 0 unspecified atom stereocenters. The number of para-hydroxylation sites is 1. The number of hydrogen-bond acceptors (Lipinski definition) is 6. The summed E-state index contributed by atoms with van der Waals surface area (Å²) in [5.74, 6) is -0.649. The quantitative estimate of drug-likeness (QED) is 0.474. The van der Waals surface area contributed by atoms with Crippen LogP contribution >= 0.6 is 27.3 Å². The third kappa shape index (κ3) is 2.84. The maximum Gasteiger partial charge on any atom is 0.291 e. The van der Waals surface area contributed by atoms with Gasteiger partial charge >= 0.3 is 0 Å². The van der Waals surface area contributed by atoms with Crippen LogP contribution in [0.1, 0.15) is 5.56 Å². The molecule has 0 bridgehead atoms. The van der Waals surface area contributed by atoms with Gasteiger partial charge in [-0.2, -0.15) is 9.50 Å². The summed E-state index contributed by atoms with van der Waals surface area (Å²) < 4.78 is 2.36. The Morgan fingerprint density at radius 3 is 2.53 bits per heavy atom. The van der Waals surface area contributed by atoms with Crippen molar-refractivity contribution in [3.05, 3.63) is 73.5 Å². The van der Waals surface area contributed by atoms with Crippen LogP contribution in [0.5, 0.6) is 0 Å². The molecule has 2 aromatic carbocycles. The topological polar surface area (TPSA) is 111 Å². The Labute approximate surface area is 181 Å². The number of halogens is 1. The van der Waals surface area contributed by atoms with Crippen LogP contribution < -0.4 is 20.7 Å². The zero-order valence-electron chi connectivity index (χ0n) is 15.2. The summed E-state index contributed by atoms with van der Waals surface area (Å²) in [6.07, 6.45) is 0. The molecule has 0 saturated heterocycles. The van der Waals surface area contributed by atoms with E-state index in [1.54, 1.807) is 24.3 Å². The molecule has 1 aliphatic heterocycles. The first-order chi connectivity index (χ1) is 14.4. The summed E-state index contributed by atoms with van der Waals surface area (Å²) in [7, 11) is 0. The molecule has 0 fully saturated rings.